The van der Waals surface area contributed by atoms with Gasteiger partial charge in [0.2, 0.25) is 0 Å². The minimum absolute atomic E-state index is 0.0284. The number of rotatable bonds is 3. The van der Waals surface area contributed by atoms with Crippen LogP contribution in [0, 0.1) is 0 Å². The van der Waals surface area contributed by atoms with Crippen LogP contribution in [0.25, 0.3) is 10.9 Å². The number of carbonyl (C=O) groups is 1. The number of nitrogens with one attached hydrogen (secondary N) is 1. The van der Waals surface area contributed by atoms with Crippen molar-refractivity contribution in [3.8, 4) is 5.75 Å². The van der Waals surface area contributed by atoms with E-state index < -0.39 is 0 Å². The van der Waals surface area contributed by atoms with E-state index in [1.807, 2.05) is 29.2 Å². The molecule has 0 aliphatic carbocycles. The highest BCUT2D eigenvalue weighted by Gasteiger charge is 2.21. The van der Waals surface area contributed by atoms with E-state index in [2.05, 4.69) is 41.3 Å². The van der Waals surface area contributed by atoms with Crippen molar-refractivity contribution in [1.29, 1.82) is 0 Å². The number of aromatic nitrogens is 1. The fourth-order valence-corrected chi connectivity index (χ4v) is 3.73. The standard InChI is InChI=1S/C21H23N3O2/c1-23-13-17-9-10-24(14-16-6-4-8-19(23)20(16)17)21(25)22-12-15-5-3-7-18(11-15)26-2/h3-8,11,13H,9-10,12,14H2,1-2H3,(H,22,25). The Morgan fingerprint density at radius 3 is 2.88 bits per heavy atom. The zero-order chi connectivity index (χ0) is 18.1. The van der Waals surface area contributed by atoms with Crippen molar-refractivity contribution in [2.24, 2.45) is 7.05 Å². The van der Waals surface area contributed by atoms with Gasteiger partial charge < -0.3 is 19.5 Å². The summed E-state index contributed by atoms with van der Waals surface area (Å²) < 4.78 is 7.41. The molecule has 1 N–H and O–H groups in total. The molecule has 26 heavy (non-hydrogen) atoms. The first kappa shape index (κ1) is 16.5. The van der Waals surface area contributed by atoms with E-state index in [9.17, 15) is 4.79 Å². The summed E-state index contributed by atoms with van der Waals surface area (Å²) in [5, 5.41) is 4.34. The zero-order valence-corrected chi connectivity index (χ0v) is 15.2. The Morgan fingerprint density at radius 1 is 1.19 bits per heavy atom. The van der Waals surface area contributed by atoms with Gasteiger partial charge >= 0.3 is 6.03 Å². The van der Waals surface area contributed by atoms with Gasteiger partial charge in [-0.3, -0.25) is 0 Å². The van der Waals surface area contributed by atoms with Crippen molar-refractivity contribution in [2.45, 2.75) is 19.5 Å². The lowest BCUT2D eigenvalue weighted by Gasteiger charge is -2.22. The highest BCUT2D eigenvalue weighted by molar-refractivity contribution is 5.88. The smallest absolute Gasteiger partial charge is 0.317 e. The van der Waals surface area contributed by atoms with Crippen molar-refractivity contribution in [3.05, 3.63) is 65.4 Å². The van der Waals surface area contributed by atoms with Crippen molar-refractivity contribution < 1.29 is 9.53 Å². The number of urea groups is 1. The van der Waals surface area contributed by atoms with Gasteiger partial charge in [-0.15, -0.1) is 0 Å². The maximum Gasteiger partial charge on any atom is 0.317 e. The number of aryl methyl sites for hydroxylation is 1. The van der Waals surface area contributed by atoms with Crippen LogP contribution in [0.3, 0.4) is 0 Å². The third kappa shape index (κ3) is 3.01. The van der Waals surface area contributed by atoms with Crippen LogP contribution in [-0.4, -0.2) is 29.2 Å². The molecule has 0 atom stereocenters. The molecule has 1 aliphatic heterocycles. The molecule has 0 spiro atoms. The van der Waals surface area contributed by atoms with Gasteiger partial charge in [-0.1, -0.05) is 24.3 Å². The Morgan fingerprint density at radius 2 is 2.04 bits per heavy atom. The Balaban J connectivity index is 1.49. The number of amides is 2. The summed E-state index contributed by atoms with van der Waals surface area (Å²) in [6.07, 6.45) is 3.06. The molecule has 2 heterocycles. The summed E-state index contributed by atoms with van der Waals surface area (Å²) in [6, 6.07) is 14.1. The number of hydrogen-bond donors (Lipinski definition) is 1. The van der Waals surface area contributed by atoms with Gasteiger partial charge in [-0.25, -0.2) is 4.79 Å². The number of benzene rings is 2. The quantitative estimate of drug-likeness (QED) is 0.787. The molecule has 0 fully saturated rings. The third-order valence-corrected chi connectivity index (χ3v) is 5.06. The van der Waals surface area contributed by atoms with Gasteiger partial charge in [0.25, 0.3) is 0 Å². The van der Waals surface area contributed by atoms with Crippen molar-refractivity contribution >= 4 is 16.9 Å². The number of methoxy groups -OCH3 is 1. The molecule has 5 heteroatoms. The summed E-state index contributed by atoms with van der Waals surface area (Å²) in [6.45, 7) is 1.85. The van der Waals surface area contributed by atoms with E-state index in [1.54, 1.807) is 7.11 Å². The van der Waals surface area contributed by atoms with Crippen molar-refractivity contribution in [2.75, 3.05) is 13.7 Å². The van der Waals surface area contributed by atoms with Crippen LogP contribution in [0.1, 0.15) is 16.7 Å². The SMILES string of the molecule is COc1cccc(CNC(=O)N2CCc3cn(C)c4cccc(c34)C2)c1. The zero-order valence-electron chi connectivity index (χ0n) is 15.2. The van der Waals surface area contributed by atoms with E-state index in [-0.39, 0.29) is 6.03 Å². The average Bonchev–Trinajstić information content (AvgIpc) is 2.88. The molecular weight excluding hydrogens is 326 g/mol. The number of ether oxygens (including phenoxy) is 1. The average molecular weight is 349 g/mol. The summed E-state index contributed by atoms with van der Waals surface area (Å²) in [7, 11) is 3.73. The molecule has 0 saturated heterocycles. The van der Waals surface area contributed by atoms with Crippen LogP contribution in [0.5, 0.6) is 5.75 Å². The maximum atomic E-state index is 12.7. The third-order valence-electron chi connectivity index (χ3n) is 5.06. The van der Waals surface area contributed by atoms with Crippen molar-refractivity contribution in [1.82, 2.24) is 14.8 Å². The molecule has 0 unspecified atom stereocenters. The van der Waals surface area contributed by atoms with Gasteiger partial charge in [-0.2, -0.15) is 0 Å². The Labute approximate surface area is 153 Å². The van der Waals surface area contributed by atoms with Gasteiger partial charge in [0, 0.05) is 43.8 Å². The van der Waals surface area contributed by atoms with Gasteiger partial charge in [0.1, 0.15) is 5.75 Å². The van der Waals surface area contributed by atoms with E-state index in [0.717, 1.165) is 24.3 Å². The predicted octanol–water partition coefficient (Wildman–Crippen LogP) is 3.45. The van der Waals surface area contributed by atoms with Gasteiger partial charge in [0.15, 0.2) is 0 Å². The summed E-state index contributed by atoms with van der Waals surface area (Å²) in [4.78, 5) is 14.6. The lowest BCUT2D eigenvalue weighted by molar-refractivity contribution is 0.196. The summed E-state index contributed by atoms with van der Waals surface area (Å²) >= 11 is 0. The first-order valence-corrected chi connectivity index (χ1v) is 8.87. The number of carbonyl (C=O) groups excluding carboxylic acids is 1. The molecule has 134 valence electrons. The molecule has 2 aromatic carbocycles. The molecule has 4 rings (SSSR count). The monoisotopic (exact) mass is 349 g/mol. The van der Waals surface area contributed by atoms with Gasteiger partial charge in [-0.05, 0) is 41.3 Å². The highest BCUT2D eigenvalue weighted by atomic mass is 16.5. The Bertz CT molecular complexity index is 961. The number of nitrogens with zero attached hydrogens (tertiary/aromatic N) is 2. The van der Waals surface area contributed by atoms with Crippen LogP contribution in [-0.2, 0) is 26.6 Å². The highest BCUT2D eigenvalue weighted by Crippen LogP contribution is 2.28. The van der Waals surface area contributed by atoms with E-state index >= 15 is 0 Å². The Hall–Kier alpha value is -2.95. The van der Waals surface area contributed by atoms with Crippen LogP contribution in [0.15, 0.2) is 48.7 Å². The van der Waals surface area contributed by atoms with E-state index in [0.29, 0.717) is 13.1 Å². The molecule has 1 aliphatic rings. The van der Waals surface area contributed by atoms with E-state index in [4.69, 9.17) is 4.74 Å². The molecule has 3 aromatic rings. The van der Waals surface area contributed by atoms with E-state index in [1.165, 1.54) is 22.0 Å². The molecule has 0 bridgehead atoms. The molecule has 0 saturated carbocycles. The fourth-order valence-electron chi connectivity index (χ4n) is 3.73. The minimum atomic E-state index is -0.0284. The van der Waals surface area contributed by atoms with Crippen LogP contribution in [0.2, 0.25) is 0 Å². The summed E-state index contributed by atoms with van der Waals surface area (Å²) in [5.41, 5.74) is 4.79. The van der Waals surface area contributed by atoms with Crippen LogP contribution in [0.4, 0.5) is 4.79 Å². The second kappa shape index (κ2) is 6.75. The first-order valence-electron chi connectivity index (χ1n) is 8.87. The lowest BCUT2D eigenvalue weighted by atomic mass is 10.1. The number of hydrogen-bond acceptors (Lipinski definition) is 2. The lowest BCUT2D eigenvalue weighted by Crippen LogP contribution is -2.39. The second-order valence-corrected chi connectivity index (χ2v) is 6.76. The minimum Gasteiger partial charge on any atom is -0.497 e. The normalized spacial score (nSPS) is 13.5. The largest absolute Gasteiger partial charge is 0.497 e. The predicted molar refractivity (Wildman–Crippen MR) is 102 cm³/mol. The van der Waals surface area contributed by atoms with Crippen LogP contribution < -0.4 is 10.1 Å². The molecule has 0 radical (unpaired) electrons. The van der Waals surface area contributed by atoms with Gasteiger partial charge in [0.05, 0.1) is 7.11 Å². The van der Waals surface area contributed by atoms with Crippen LogP contribution >= 0.6 is 0 Å². The molecule has 5 nitrogen and oxygen atoms in total. The molecular formula is C21H23N3O2. The molecule has 2 amide bonds. The topological polar surface area (TPSA) is 46.5 Å². The van der Waals surface area contributed by atoms with Crippen molar-refractivity contribution in [3.63, 3.8) is 0 Å². The first-order chi connectivity index (χ1) is 12.7. The fraction of sp³-hybridized carbons (Fsp3) is 0.286. The Kier molecular flexibility index (Phi) is 4.29. The molecule has 1 aromatic heterocycles. The summed E-state index contributed by atoms with van der Waals surface area (Å²) in [5.74, 6) is 0.800. The second-order valence-electron chi connectivity index (χ2n) is 6.76. The maximum absolute atomic E-state index is 12.7.